The monoisotopic (exact) mass is 409 g/mol. The zero-order chi connectivity index (χ0) is 17.2. The molecule has 0 aliphatic rings. The summed E-state index contributed by atoms with van der Waals surface area (Å²) in [5.41, 5.74) is 0.354. The molecule has 0 amide bonds. The number of nitrogens with zero attached hydrogens (tertiary/aromatic N) is 1. The van der Waals surface area contributed by atoms with Crippen molar-refractivity contribution in [2.45, 2.75) is 11.4 Å². The van der Waals surface area contributed by atoms with E-state index in [4.69, 9.17) is 4.42 Å². The van der Waals surface area contributed by atoms with Crippen molar-refractivity contribution in [2.24, 2.45) is 0 Å². The van der Waals surface area contributed by atoms with Gasteiger partial charge in [-0.2, -0.15) is 0 Å². The highest BCUT2D eigenvalue weighted by Gasteiger charge is 2.26. The summed E-state index contributed by atoms with van der Waals surface area (Å²) in [6, 6.07) is 15.1. The van der Waals surface area contributed by atoms with E-state index in [1.54, 1.807) is 24.3 Å². The molecule has 0 spiro atoms. The van der Waals surface area contributed by atoms with Crippen LogP contribution in [0.5, 0.6) is 0 Å². The Morgan fingerprint density at radius 2 is 1.79 bits per heavy atom. The van der Waals surface area contributed by atoms with Crippen LogP contribution < -0.4 is 4.31 Å². The maximum atomic E-state index is 13.2. The molecule has 0 bridgehead atoms. The number of rotatable bonds is 5. The van der Waals surface area contributed by atoms with Crippen molar-refractivity contribution in [1.29, 1.82) is 0 Å². The zero-order valence-electron chi connectivity index (χ0n) is 12.4. The maximum absolute atomic E-state index is 13.2. The van der Waals surface area contributed by atoms with Gasteiger partial charge in [0.1, 0.15) is 11.6 Å². The van der Waals surface area contributed by atoms with Gasteiger partial charge in [0.15, 0.2) is 0 Å². The second-order valence-corrected chi connectivity index (χ2v) is 7.80. The number of hydrogen-bond acceptors (Lipinski definition) is 3. The lowest BCUT2D eigenvalue weighted by atomic mass is 10.3. The fourth-order valence-electron chi connectivity index (χ4n) is 2.22. The Morgan fingerprint density at radius 3 is 2.42 bits per heavy atom. The third kappa shape index (κ3) is 3.52. The number of halogens is 2. The summed E-state index contributed by atoms with van der Waals surface area (Å²) in [5.74, 6) is 0.0504. The Balaban J connectivity index is 2.07. The summed E-state index contributed by atoms with van der Waals surface area (Å²) < 4.78 is 46.5. The van der Waals surface area contributed by atoms with E-state index in [0.29, 0.717) is 15.9 Å². The molecule has 0 fully saturated rings. The molecular formula is C17H13BrFNO3S. The van der Waals surface area contributed by atoms with E-state index >= 15 is 0 Å². The molecule has 1 heterocycles. The molecular weight excluding hydrogens is 397 g/mol. The molecule has 0 unspecified atom stereocenters. The maximum Gasteiger partial charge on any atom is 0.264 e. The van der Waals surface area contributed by atoms with Crippen LogP contribution in [0.25, 0.3) is 0 Å². The Hall–Kier alpha value is -2.12. The molecule has 0 N–H and O–H groups in total. The number of benzene rings is 2. The van der Waals surface area contributed by atoms with Gasteiger partial charge in [0.2, 0.25) is 0 Å². The summed E-state index contributed by atoms with van der Waals surface area (Å²) in [6.07, 6.45) is 1.48. The van der Waals surface area contributed by atoms with Crippen LogP contribution in [0.2, 0.25) is 0 Å². The van der Waals surface area contributed by atoms with E-state index in [0.717, 1.165) is 0 Å². The van der Waals surface area contributed by atoms with Crippen molar-refractivity contribution in [3.05, 3.63) is 83.0 Å². The topological polar surface area (TPSA) is 50.5 Å². The van der Waals surface area contributed by atoms with Gasteiger partial charge in [0.05, 0.1) is 23.4 Å². The van der Waals surface area contributed by atoms with Crippen LogP contribution in [-0.2, 0) is 16.6 Å². The first kappa shape index (κ1) is 16.7. The number of hydrogen-bond donors (Lipinski definition) is 0. The lowest BCUT2D eigenvalue weighted by molar-refractivity contribution is 0.508. The summed E-state index contributed by atoms with van der Waals surface area (Å²) in [7, 11) is -3.84. The predicted molar refractivity (Wildman–Crippen MR) is 92.6 cm³/mol. The van der Waals surface area contributed by atoms with Crippen LogP contribution in [0.4, 0.5) is 10.1 Å². The van der Waals surface area contributed by atoms with Crippen molar-refractivity contribution < 1.29 is 17.2 Å². The standard InChI is InChI=1S/C17H13BrFNO3S/c18-13-3-1-5-17(11-13)24(21,22)20(12-16-4-2-10-23-16)15-8-6-14(19)7-9-15/h1-11H,12H2. The van der Waals surface area contributed by atoms with Crippen LogP contribution in [0.3, 0.4) is 0 Å². The third-order valence-electron chi connectivity index (χ3n) is 3.38. The van der Waals surface area contributed by atoms with E-state index in [9.17, 15) is 12.8 Å². The Labute approximate surface area is 147 Å². The van der Waals surface area contributed by atoms with Gasteiger partial charge in [0.25, 0.3) is 10.0 Å². The normalized spacial score (nSPS) is 11.4. The smallest absolute Gasteiger partial charge is 0.264 e. The van der Waals surface area contributed by atoms with Gasteiger partial charge in [0, 0.05) is 4.47 Å². The summed E-state index contributed by atoms with van der Waals surface area (Å²) >= 11 is 3.28. The molecule has 3 rings (SSSR count). The molecule has 3 aromatic rings. The molecule has 2 aromatic carbocycles. The highest BCUT2D eigenvalue weighted by atomic mass is 79.9. The number of anilines is 1. The predicted octanol–water partition coefficient (Wildman–Crippen LogP) is 4.58. The van der Waals surface area contributed by atoms with E-state index < -0.39 is 15.8 Å². The van der Waals surface area contributed by atoms with Crippen molar-refractivity contribution >= 4 is 31.6 Å². The van der Waals surface area contributed by atoms with Crippen LogP contribution in [0.1, 0.15) is 5.76 Å². The molecule has 0 aliphatic carbocycles. The van der Waals surface area contributed by atoms with Gasteiger partial charge in [-0.3, -0.25) is 4.31 Å². The minimum absolute atomic E-state index is 0.00742. The minimum atomic E-state index is -3.84. The highest BCUT2D eigenvalue weighted by Crippen LogP contribution is 2.27. The molecule has 0 aliphatic heterocycles. The van der Waals surface area contributed by atoms with Crippen LogP contribution in [-0.4, -0.2) is 8.42 Å². The average molecular weight is 410 g/mol. The summed E-state index contributed by atoms with van der Waals surface area (Å²) in [6.45, 7) is 0.00742. The first-order valence-electron chi connectivity index (χ1n) is 7.03. The van der Waals surface area contributed by atoms with E-state index in [1.807, 2.05) is 0 Å². The van der Waals surface area contributed by atoms with E-state index in [2.05, 4.69) is 15.9 Å². The fraction of sp³-hybridized carbons (Fsp3) is 0.0588. The van der Waals surface area contributed by atoms with Crippen molar-refractivity contribution in [3.8, 4) is 0 Å². The van der Waals surface area contributed by atoms with Crippen LogP contribution in [0, 0.1) is 5.82 Å². The second-order valence-electron chi connectivity index (χ2n) is 5.02. The molecule has 0 radical (unpaired) electrons. The Bertz CT molecular complexity index is 925. The fourth-order valence-corrected chi connectivity index (χ4v) is 4.25. The van der Waals surface area contributed by atoms with Gasteiger partial charge in [-0.05, 0) is 54.6 Å². The molecule has 24 heavy (non-hydrogen) atoms. The largest absolute Gasteiger partial charge is 0.467 e. The van der Waals surface area contributed by atoms with Crippen molar-refractivity contribution in [3.63, 3.8) is 0 Å². The molecule has 4 nitrogen and oxygen atoms in total. The number of furan rings is 1. The summed E-state index contributed by atoms with van der Waals surface area (Å²) in [4.78, 5) is 0.132. The van der Waals surface area contributed by atoms with Crippen molar-refractivity contribution in [2.75, 3.05) is 4.31 Å². The van der Waals surface area contributed by atoms with Crippen LogP contribution >= 0.6 is 15.9 Å². The van der Waals surface area contributed by atoms with E-state index in [1.165, 1.54) is 47.0 Å². The average Bonchev–Trinajstić information content (AvgIpc) is 3.07. The van der Waals surface area contributed by atoms with Gasteiger partial charge >= 0.3 is 0 Å². The zero-order valence-corrected chi connectivity index (χ0v) is 14.8. The lowest BCUT2D eigenvalue weighted by Gasteiger charge is -2.23. The molecule has 0 saturated heterocycles. The van der Waals surface area contributed by atoms with Gasteiger partial charge < -0.3 is 4.42 Å². The highest BCUT2D eigenvalue weighted by molar-refractivity contribution is 9.10. The second kappa shape index (κ2) is 6.78. The SMILES string of the molecule is O=S(=O)(c1cccc(Br)c1)N(Cc1ccco1)c1ccc(F)cc1. The van der Waals surface area contributed by atoms with Gasteiger partial charge in [-0.1, -0.05) is 22.0 Å². The Morgan fingerprint density at radius 1 is 1.04 bits per heavy atom. The summed E-state index contributed by atoms with van der Waals surface area (Å²) in [5, 5.41) is 0. The lowest BCUT2D eigenvalue weighted by Crippen LogP contribution is -2.30. The molecule has 0 saturated carbocycles. The first-order chi connectivity index (χ1) is 11.5. The number of sulfonamides is 1. The van der Waals surface area contributed by atoms with Crippen molar-refractivity contribution in [1.82, 2.24) is 0 Å². The van der Waals surface area contributed by atoms with Crippen LogP contribution in [0.15, 0.2) is 80.7 Å². The molecule has 1 aromatic heterocycles. The third-order valence-corrected chi connectivity index (χ3v) is 5.64. The van der Waals surface area contributed by atoms with Gasteiger partial charge in [-0.15, -0.1) is 0 Å². The molecule has 7 heteroatoms. The first-order valence-corrected chi connectivity index (χ1v) is 9.26. The van der Waals surface area contributed by atoms with Gasteiger partial charge in [-0.25, -0.2) is 12.8 Å². The Kier molecular flexibility index (Phi) is 4.73. The minimum Gasteiger partial charge on any atom is -0.467 e. The molecule has 0 atom stereocenters. The van der Waals surface area contributed by atoms with E-state index in [-0.39, 0.29) is 11.4 Å². The quantitative estimate of drug-likeness (QED) is 0.619. The molecule has 124 valence electrons.